The highest BCUT2D eigenvalue weighted by Gasteiger charge is 2.74. The van der Waals surface area contributed by atoms with E-state index < -0.39 is 87.5 Å². The number of phosphoric ester groups is 1. The molecule has 8 rings (SSSR count). The summed E-state index contributed by atoms with van der Waals surface area (Å²) in [5.41, 5.74) is 4.77. The molecule has 11 unspecified atom stereocenters. The van der Waals surface area contributed by atoms with Gasteiger partial charge in [-0.3, -0.25) is 18.4 Å². The van der Waals surface area contributed by atoms with Crippen LogP contribution in [0, 0.1) is 11.3 Å². The summed E-state index contributed by atoms with van der Waals surface area (Å²) in [5, 5.41) is 11.5. The number of halogens is 1. The first-order valence-corrected chi connectivity index (χ1v) is 17.6. The Kier molecular flexibility index (Phi) is 6.64. The van der Waals surface area contributed by atoms with Gasteiger partial charge in [0.2, 0.25) is 0 Å². The molecule has 45 heavy (non-hydrogen) atoms. The average Bonchev–Trinajstić information content (AvgIpc) is 3.27. The largest absolute Gasteiger partial charge is 0.472 e. The van der Waals surface area contributed by atoms with Gasteiger partial charge in [0.15, 0.2) is 35.0 Å². The summed E-state index contributed by atoms with van der Waals surface area (Å²) in [5.74, 6) is -0.289. The van der Waals surface area contributed by atoms with Crippen molar-refractivity contribution in [3.8, 4) is 0 Å². The number of hydrogen-bond donors (Lipinski definition) is 5. The van der Waals surface area contributed by atoms with Gasteiger partial charge in [-0.05, 0) is 24.1 Å². The van der Waals surface area contributed by atoms with Gasteiger partial charge in [0.05, 0.1) is 38.2 Å². The van der Waals surface area contributed by atoms with Crippen molar-refractivity contribution in [2.24, 2.45) is 11.3 Å². The van der Waals surface area contributed by atoms with Crippen molar-refractivity contribution in [1.82, 2.24) is 39.0 Å². The molecule has 4 aromatic rings. The van der Waals surface area contributed by atoms with E-state index in [-0.39, 0.29) is 17.0 Å². The Bertz CT molecular complexity index is 2000. The number of aliphatic hydroxyl groups is 1. The number of aromatic amines is 1. The van der Waals surface area contributed by atoms with Gasteiger partial charge in [-0.2, -0.15) is 0 Å². The van der Waals surface area contributed by atoms with E-state index in [1.165, 1.54) is 12.7 Å². The van der Waals surface area contributed by atoms with Gasteiger partial charge in [-0.15, -0.1) is 0 Å². The van der Waals surface area contributed by atoms with E-state index in [0.717, 1.165) is 17.2 Å². The van der Waals surface area contributed by atoms with Gasteiger partial charge in [-0.25, -0.2) is 33.9 Å². The SMILES string of the molecule is Nc1ncnc2c1ncn2C1C(O)C2OP(O)(=S)OCC3OC(n4cnc5c(=O)[nH]cnc54)C(F)C3OP(=O)(O)OCC23CC13. The minimum absolute atomic E-state index is 0.0151. The van der Waals surface area contributed by atoms with Crippen LogP contribution in [-0.2, 0) is 39.2 Å². The number of imidazole rings is 2. The number of nitrogen functional groups attached to an aromatic ring is 1. The van der Waals surface area contributed by atoms with E-state index in [2.05, 4.69) is 29.9 Å². The second-order valence-electron chi connectivity index (χ2n) is 11.3. The Balaban J connectivity index is 1.11. The molecule has 0 aromatic carbocycles. The number of nitrogens with two attached hydrogens (primary N) is 1. The Labute approximate surface area is 255 Å². The number of phosphoric acid groups is 1. The zero-order valence-electron chi connectivity index (χ0n) is 22.6. The normalized spacial score (nSPS) is 41.7. The molecule has 0 bridgehead atoms. The van der Waals surface area contributed by atoms with Crippen LogP contribution in [0.2, 0.25) is 0 Å². The molecule has 6 heterocycles. The molecule has 2 aliphatic carbocycles. The highest BCUT2D eigenvalue weighted by atomic mass is 32.5. The van der Waals surface area contributed by atoms with Crippen molar-refractivity contribution < 1.29 is 46.7 Å². The quantitative estimate of drug-likeness (QED) is 0.171. The average molecular weight is 688 g/mol. The standard InChI is InChI=1S/C22H24FN9O10P2S/c23-10-15-9(40-21(10)32-7-30-12-19(32)27-5-28-20(12)34)2-38-44(37,45)42-16-14(33)13(8-1-22(8,16)3-39-43(35,36)41-15)31-6-29-11-17(24)25-4-26-18(11)31/h4-10,13-16,21,33H,1-3H2,(H,35,36)(H,37,45)(H2,24,25,26)(H,27,28,34). The highest BCUT2D eigenvalue weighted by molar-refractivity contribution is 8.07. The molecule has 2 saturated heterocycles. The predicted molar refractivity (Wildman–Crippen MR) is 150 cm³/mol. The number of rotatable bonds is 2. The zero-order valence-corrected chi connectivity index (χ0v) is 25.2. The monoisotopic (exact) mass is 687 g/mol. The van der Waals surface area contributed by atoms with Crippen LogP contribution >= 0.6 is 14.5 Å². The van der Waals surface area contributed by atoms with E-state index in [9.17, 15) is 24.3 Å². The molecular formula is C22H24FN9O10P2S. The third-order valence-electron chi connectivity index (χ3n) is 8.83. The first-order valence-electron chi connectivity index (χ1n) is 13.5. The van der Waals surface area contributed by atoms with Crippen molar-refractivity contribution in [3.63, 3.8) is 0 Å². The van der Waals surface area contributed by atoms with E-state index >= 15 is 4.39 Å². The van der Waals surface area contributed by atoms with Gasteiger partial charge < -0.3 is 44.0 Å². The Morgan fingerprint density at radius 3 is 2.67 bits per heavy atom. The summed E-state index contributed by atoms with van der Waals surface area (Å²) < 4.78 is 59.9. The Hall–Kier alpha value is -2.81. The third-order valence-corrected chi connectivity index (χ3v) is 11.3. The molecule has 11 atom stereocenters. The topological polar surface area (TPSA) is 257 Å². The number of ether oxygens (including phenoxy) is 1. The number of alkyl halides is 1. The Morgan fingerprint density at radius 1 is 1.09 bits per heavy atom. The van der Waals surface area contributed by atoms with Crippen LogP contribution in [0.15, 0.2) is 30.1 Å². The number of nitrogens with one attached hydrogen (secondary N) is 1. The van der Waals surface area contributed by atoms with E-state index in [1.54, 1.807) is 4.57 Å². The van der Waals surface area contributed by atoms with Gasteiger partial charge >= 0.3 is 14.5 Å². The number of anilines is 1. The molecular weight excluding hydrogens is 663 g/mol. The van der Waals surface area contributed by atoms with Crippen molar-refractivity contribution in [1.29, 1.82) is 0 Å². The van der Waals surface area contributed by atoms with E-state index in [4.69, 9.17) is 40.4 Å². The molecule has 6 N–H and O–H groups in total. The highest BCUT2D eigenvalue weighted by Crippen LogP contribution is 2.72. The summed E-state index contributed by atoms with van der Waals surface area (Å²) in [4.78, 5) is 56.7. The number of fused-ring (bicyclic) bond motifs is 3. The predicted octanol–water partition coefficient (Wildman–Crippen LogP) is -0.167. The summed E-state index contributed by atoms with van der Waals surface area (Å²) >= 11 is 5.28. The zero-order chi connectivity index (χ0) is 31.5. The van der Waals surface area contributed by atoms with Crippen molar-refractivity contribution in [2.75, 3.05) is 18.9 Å². The third kappa shape index (κ3) is 4.61. The second-order valence-corrected chi connectivity index (χ2v) is 15.5. The van der Waals surface area contributed by atoms with Crippen LogP contribution in [0.4, 0.5) is 10.2 Å². The maximum atomic E-state index is 16.0. The molecule has 4 aromatic heterocycles. The fraction of sp³-hybridized carbons (Fsp3) is 0.545. The number of aliphatic hydroxyl groups excluding tert-OH is 1. The molecule has 4 aliphatic rings. The van der Waals surface area contributed by atoms with Crippen molar-refractivity contribution in [3.05, 3.63) is 35.7 Å². The summed E-state index contributed by atoms with van der Waals surface area (Å²) in [7, 11) is -4.99. The molecule has 240 valence electrons. The maximum absolute atomic E-state index is 16.0. The van der Waals surface area contributed by atoms with Crippen LogP contribution < -0.4 is 11.3 Å². The summed E-state index contributed by atoms with van der Waals surface area (Å²) in [6, 6.07) is -0.735. The number of hydrogen-bond acceptors (Lipinski definition) is 15. The minimum atomic E-state index is -4.99. The molecule has 0 amide bonds. The lowest BCUT2D eigenvalue weighted by Gasteiger charge is -2.32. The molecule has 1 spiro atoms. The fourth-order valence-corrected chi connectivity index (χ4v) is 9.22. The van der Waals surface area contributed by atoms with Crippen LogP contribution in [0.25, 0.3) is 22.3 Å². The van der Waals surface area contributed by atoms with Crippen molar-refractivity contribution in [2.45, 2.75) is 49.3 Å². The molecule has 0 radical (unpaired) electrons. The van der Waals surface area contributed by atoms with Crippen LogP contribution in [0.5, 0.6) is 0 Å². The summed E-state index contributed by atoms with van der Waals surface area (Å²) in [6.45, 7) is -5.29. The van der Waals surface area contributed by atoms with Crippen molar-refractivity contribution >= 4 is 54.5 Å². The number of aromatic nitrogens is 8. The van der Waals surface area contributed by atoms with Gasteiger partial charge in [0.1, 0.15) is 36.3 Å². The molecule has 23 heteroatoms. The molecule has 4 fully saturated rings. The van der Waals surface area contributed by atoms with Crippen LogP contribution in [0.1, 0.15) is 18.7 Å². The van der Waals surface area contributed by atoms with E-state index in [1.807, 2.05) is 0 Å². The lowest BCUT2D eigenvalue weighted by atomic mass is 10.0. The lowest BCUT2D eigenvalue weighted by Crippen LogP contribution is -2.39. The smallest absolute Gasteiger partial charge is 0.388 e. The lowest BCUT2D eigenvalue weighted by molar-refractivity contribution is -0.0598. The molecule has 2 aliphatic heterocycles. The maximum Gasteiger partial charge on any atom is 0.472 e. The summed E-state index contributed by atoms with van der Waals surface area (Å²) in [6.07, 6.45) is -4.15. The van der Waals surface area contributed by atoms with Gasteiger partial charge in [0.25, 0.3) is 5.56 Å². The number of nitrogens with zero attached hydrogens (tertiary/aromatic N) is 7. The second kappa shape index (κ2) is 10.1. The Morgan fingerprint density at radius 2 is 1.84 bits per heavy atom. The van der Waals surface area contributed by atoms with Gasteiger partial charge in [0, 0.05) is 5.41 Å². The van der Waals surface area contributed by atoms with Crippen LogP contribution in [-0.4, -0.2) is 97.7 Å². The molecule has 2 saturated carbocycles. The fourth-order valence-electron chi connectivity index (χ4n) is 6.71. The van der Waals surface area contributed by atoms with E-state index in [0.29, 0.717) is 17.6 Å². The van der Waals surface area contributed by atoms with Gasteiger partial charge in [-0.1, -0.05) is 0 Å². The van der Waals surface area contributed by atoms with Crippen LogP contribution in [0.3, 0.4) is 0 Å². The number of H-pyrrole nitrogens is 1. The minimum Gasteiger partial charge on any atom is -0.388 e. The first kappa shape index (κ1) is 29.6. The first-order chi connectivity index (χ1) is 21.4. The molecule has 19 nitrogen and oxygen atoms in total.